The van der Waals surface area contributed by atoms with Gasteiger partial charge in [0.15, 0.2) is 0 Å². The predicted molar refractivity (Wildman–Crippen MR) is 136 cm³/mol. The highest BCUT2D eigenvalue weighted by atomic mass is 16.2. The van der Waals surface area contributed by atoms with E-state index in [2.05, 4.69) is 32.6 Å². The Morgan fingerprint density at radius 1 is 1.03 bits per heavy atom. The number of benzene rings is 2. The Kier molecular flexibility index (Phi) is 7.16. The van der Waals surface area contributed by atoms with Gasteiger partial charge >= 0.3 is 5.69 Å². The number of carbonyl (C=O) groups excluding carboxylic acids is 1. The van der Waals surface area contributed by atoms with Crippen LogP contribution in [0.1, 0.15) is 62.2 Å². The Labute approximate surface area is 209 Å². The van der Waals surface area contributed by atoms with Crippen molar-refractivity contribution < 1.29 is 4.79 Å². The second-order valence-corrected chi connectivity index (χ2v) is 9.63. The lowest BCUT2D eigenvalue weighted by Gasteiger charge is -2.27. The number of carbonyl (C=O) groups is 1. The van der Waals surface area contributed by atoms with E-state index < -0.39 is 0 Å². The summed E-state index contributed by atoms with van der Waals surface area (Å²) in [6.07, 6.45) is 8.99. The van der Waals surface area contributed by atoms with Gasteiger partial charge in [-0.1, -0.05) is 74.7 Å². The maximum Gasteiger partial charge on any atom is 0.353 e. The van der Waals surface area contributed by atoms with Crippen LogP contribution < -0.4 is 5.69 Å². The van der Waals surface area contributed by atoms with Gasteiger partial charge in [-0.3, -0.25) is 9.36 Å². The molecule has 0 radical (unpaired) electrons. The SMILES string of the molecule is CCCCC1CCC(C(=O)n2ncn(Cc3ccc(-c4ccccc4-c4nn[nH]n4)cc3)c2=O)CC1. The first kappa shape index (κ1) is 23.8. The smallest absolute Gasteiger partial charge is 0.277 e. The molecule has 4 aromatic rings. The Bertz CT molecular complexity index is 1350. The minimum atomic E-state index is -0.375. The molecule has 1 aliphatic carbocycles. The summed E-state index contributed by atoms with van der Waals surface area (Å²) in [5.74, 6) is 0.974. The van der Waals surface area contributed by atoms with Crippen molar-refractivity contribution in [3.8, 4) is 22.5 Å². The first-order chi connectivity index (χ1) is 17.6. The first-order valence-electron chi connectivity index (χ1n) is 12.7. The number of hydrogen-bond acceptors (Lipinski definition) is 6. The molecule has 0 unspecified atom stereocenters. The van der Waals surface area contributed by atoms with Gasteiger partial charge in [-0.15, -0.1) is 14.9 Å². The monoisotopic (exact) mass is 485 g/mol. The lowest BCUT2D eigenvalue weighted by Crippen LogP contribution is -2.35. The molecule has 186 valence electrons. The maximum atomic E-state index is 13.0. The molecule has 1 N–H and O–H groups in total. The van der Waals surface area contributed by atoms with Crippen LogP contribution in [0.2, 0.25) is 0 Å². The molecule has 2 heterocycles. The van der Waals surface area contributed by atoms with E-state index in [0.717, 1.165) is 52.6 Å². The molecule has 9 nitrogen and oxygen atoms in total. The maximum absolute atomic E-state index is 13.0. The molecular weight excluding hydrogens is 454 g/mol. The summed E-state index contributed by atoms with van der Waals surface area (Å²) >= 11 is 0. The molecule has 0 amide bonds. The van der Waals surface area contributed by atoms with E-state index in [1.54, 1.807) is 0 Å². The molecule has 36 heavy (non-hydrogen) atoms. The van der Waals surface area contributed by atoms with Gasteiger partial charge in [0, 0.05) is 11.5 Å². The van der Waals surface area contributed by atoms with Crippen LogP contribution in [0, 0.1) is 11.8 Å². The Hall–Kier alpha value is -3.88. The normalized spacial score (nSPS) is 17.8. The third-order valence-electron chi connectivity index (χ3n) is 7.24. The zero-order chi connectivity index (χ0) is 24.9. The van der Waals surface area contributed by atoms with Crippen LogP contribution in [0.4, 0.5) is 0 Å². The molecule has 1 fully saturated rings. The summed E-state index contributed by atoms with van der Waals surface area (Å²) in [5, 5.41) is 18.5. The van der Waals surface area contributed by atoms with Gasteiger partial charge in [0.1, 0.15) is 6.33 Å². The third-order valence-corrected chi connectivity index (χ3v) is 7.24. The van der Waals surface area contributed by atoms with Gasteiger partial charge in [0.25, 0.3) is 5.91 Å². The van der Waals surface area contributed by atoms with E-state index in [0.29, 0.717) is 18.3 Å². The molecule has 0 saturated heterocycles. The van der Waals surface area contributed by atoms with Crippen LogP contribution >= 0.6 is 0 Å². The zero-order valence-electron chi connectivity index (χ0n) is 20.5. The third kappa shape index (κ3) is 5.05. The second kappa shape index (κ2) is 10.8. The van der Waals surface area contributed by atoms with Gasteiger partial charge < -0.3 is 0 Å². The van der Waals surface area contributed by atoms with Crippen molar-refractivity contribution in [2.45, 2.75) is 58.4 Å². The van der Waals surface area contributed by atoms with Crippen LogP contribution in [0.5, 0.6) is 0 Å². The number of unbranched alkanes of at least 4 members (excludes halogenated alkanes) is 1. The molecule has 1 saturated carbocycles. The van der Waals surface area contributed by atoms with Gasteiger partial charge in [-0.25, -0.2) is 4.79 Å². The Morgan fingerprint density at radius 3 is 2.47 bits per heavy atom. The lowest BCUT2D eigenvalue weighted by atomic mass is 9.79. The van der Waals surface area contributed by atoms with Crippen LogP contribution in [-0.2, 0) is 6.54 Å². The van der Waals surface area contributed by atoms with Crippen molar-refractivity contribution in [3.05, 3.63) is 70.9 Å². The van der Waals surface area contributed by atoms with Crippen molar-refractivity contribution in [1.82, 2.24) is 35.0 Å². The minimum absolute atomic E-state index is 0.109. The van der Waals surface area contributed by atoms with E-state index in [1.807, 2.05) is 48.5 Å². The van der Waals surface area contributed by atoms with Crippen molar-refractivity contribution in [1.29, 1.82) is 0 Å². The van der Waals surface area contributed by atoms with Crippen LogP contribution in [0.3, 0.4) is 0 Å². The van der Waals surface area contributed by atoms with Crippen LogP contribution in [0.25, 0.3) is 22.5 Å². The summed E-state index contributed by atoms with van der Waals surface area (Å²) < 4.78 is 2.56. The number of aromatic nitrogens is 7. The molecule has 9 heteroatoms. The predicted octanol–water partition coefficient (Wildman–Crippen LogP) is 4.58. The van der Waals surface area contributed by atoms with E-state index >= 15 is 0 Å². The van der Waals surface area contributed by atoms with Crippen LogP contribution in [0.15, 0.2) is 59.7 Å². The molecule has 0 aliphatic heterocycles. The number of tetrazole rings is 1. The fourth-order valence-corrected chi connectivity index (χ4v) is 5.15. The van der Waals surface area contributed by atoms with Crippen molar-refractivity contribution >= 4 is 5.91 Å². The summed E-state index contributed by atoms with van der Waals surface area (Å²) in [7, 11) is 0. The quantitative estimate of drug-likeness (QED) is 0.391. The Balaban J connectivity index is 1.26. The van der Waals surface area contributed by atoms with Crippen molar-refractivity contribution in [2.75, 3.05) is 0 Å². The summed E-state index contributed by atoms with van der Waals surface area (Å²) in [5.41, 5.74) is 3.45. The summed E-state index contributed by atoms with van der Waals surface area (Å²) in [6, 6.07) is 15.8. The summed E-state index contributed by atoms with van der Waals surface area (Å²) in [6.45, 7) is 2.56. The number of nitrogens with one attached hydrogen (secondary N) is 1. The van der Waals surface area contributed by atoms with Crippen LogP contribution in [-0.4, -0.2) is 40.9 Å². The molecule has 2 aromatic heterocycles. The van der Waals surface area contributed by atoms with Gasteiger partial charge in [-0.2, -0.15) is 10.3 Å². The van der Waals surface area contributed by atoms with E-state index in [4.69, 9.17) is 0 Å². The molecule has 0 spiro atoms. The average Bonchev–Trinajstić information content (AvgIpc) is 3.58. The number of rotatable bonds is 8. The Morgan fingerprint density at radius 2 is 1.78 bits per heavy atom. The molecule has 0 atom stereocenters. The molecule has 1 aliphatic rings. The minimum Gasteiger partial charge on any atom is -0.277 e. The van der Waals surface area contributed by atoms with E-state index in [9.17, 15) is 9.59 Å². The second-order valence-electron chi connectivity index (χ2n) is 9.63. The fourth-order valence-electron chi connectivity index (χ4n) is 5.15. The van der Waals surface area contributed by atoms with E-state index in [-0.39, 0.29) is 17.5 Å². The average molecular weight is 486 g/mol. The molecule has 2 aromatic carbocycles. The lowest BCUT2D eigenvalue weighted by molar-refractivity contribution is 0.0758. The van der Waals surface area contributed by atoms with E-state index in [1.165, 1.54) is 30.2 Å². The largest absolute Gasteiger partial charge is 0.353 e. The van der Waals surface area contributed by atoms with Gasteiger partial charge in [0.2, 0.25) is 5.82 Å². The molecule has 0 bridgehead atoms. The highest BCUT2D eigenvalue weighted by Crippen LogP contribution is 2.32. The number of hydrogen-bond donors (Lipinski definition) is 1. The summed E-state index contributed by atoms with van der Waals surface area (Å²) in [4.78, 5) is 26.0. The number of nitrogens with zero attached hydrogens (tertiary/aromatic N) is 6. The van der Waals surface area contributed by atoms with Crippen molar-refractivity contribution in [3.63, 3.8) is 0 Å². The standard InChI is InChI=1S/C27H31N7O2/c1-2-3-6-19-9-15-22(16-10-19)26(35)34-27(36)33(18-28-34)17-20-11-13-21(14-12-20)23-7-4-5-8-24(23)25-29-31-32-30-25/h4-5,7-8,11-14,18-19,22H,2-3,6,9-10,15-17H2,1H3,(H,29,30,31,32). The highest BCUT2D eigenvalue weighted by Gasteiger charge is 2.28. The fraction of sp³-hybridized carbons (Fsp3) is 0.407. The number of H-pyrrole nitrogens is 1. The number of aromatic amines is 1. The topological polar surface area (TPSA) is 111 Å². The first-order valence-corrected chi connectivity index (χ1v) is 12.7. The zero-order valence-corrected chi connectivity index (χ0v) is 20.5. The van der Waals surface area contributed by atoms with Crippen molar-refractivity contribution in [2.24, 2.45) is 11.8 Å². The van der Waals surface area contributed by atoms with Gasteiger partial charge in [0.05, 0.1) is 6.54 Å². The van der Waals surface area contributed by atoms with Gasteiger partial charge in [-0.05, 0) is 53.5 Å². The molecule has 5 rings (SSSR count). The molecular formula is C27H31N7O2. The highest BCUT2D eigenvalue weighted by molar-refractivity contribution is 5.81.